The highest BCUT2D eigenvalue weighted by Gasteiger charge is 2.32. The van der Waals surface area contributed by atoms with Crippen molar-refractivity contribution in [3.05, 3.63) is 59.9 Å². The fourth-order valence-corrected chi connectivity index (χ4v) is 6.02. The van der Waals surface area contributed by atoms with E-state index >= 15 is 0 Å². The molecule has 34 heavy (non-hydrogen) atoms. The number of benzene rings is 2. The summed E-state index contributed by atoms with van der Waals surface area (Å²) >= 11 is 0. The van der Waals surface area contributed by atoms with Gasteiger partial charge in [0.25, 0.3) is 0 Å². The topological polar surface area (TPSA) is 47.1 Å². The highest BCUT2D eigenvalue weighted by Crippen LogP contribution is 2.35. The van der Waals surface area contributed by atoms with Crippen molar-refractivity contribution in [1.29, 1.82) is 0 Å². The van der Waals surface area contributed by atoms with E-state index in [0.29, 0.717) is 17.6 Å². The number of carbonyl (C=O) groups excluding carboxylic acids is 1. The molecule has 0 spiro atoms. The third-order valence-electron chi connectivity index (χ3n) is 7.97. The fourth-order valence-electron chi connectivity index (χ4n) is 6.02. The van der Waals surface area contributed by atoms with Crippen LogP contribution in [0.2, 0.25) is 0 Å². The average molecular weight is 461 g/mol. The lowest BCUT2D eigenvalue weighted by Gasteiger charge is -2.25. The summed E-state index contributed by atoms with van der Waals surface area (Å²) in [5.74, 6) is -0.265. The lowest BCUT2D eigenvalue weighted by atomic mass is 9.94. The number of hydrogen-bond donors (Lipinski definition) is 1. The van der Waals surface area contributed by atoms with Gasteiger partial charge in [-0.05, 0) is 63.1 Å². The molecular formula is C29H38N3O2+. The van der Waals surface area contributed by atoms with E-state index in [-0.39, 0.29) is 12.0 Å². The van der Waals surface area contributed by atoms with Crippen LogP contribution in [0.3, 0.4) is 0 Å². The van der Waals surface area contributed by atoms with E-state index in [1.54, 1.807) is 0 Å². The number of anilines is 1. The Morgan fingerprint density at radius 1 is 0.971 bits per heavy atom. The maximum Gasteiger partial charge on any atom is 0.340 e. The van der Waals surface area contributed by atoms with E-state index in [1.165, 1.54) is 69.6 Å². The molecule has 2 saturated carbocycles. The van der Waals surface area contributed by atoms with Gasteiger partial charge in [0.05, 0.1) is 12.7 Å². The van der Waals surface area contributed by atoms with Gasteiger partial charge in [0.2, 0.25) is 6.33 Å². The number of nitrogens with zero attached hydrogens (tertiary/aromatic N) is 2. The van der Waals surface area contributed by atoms with Crippen molar-refractivity contribution < 1.29 is 14.1 Å². The third-order valence-corrected chi connectivity index (χ3v) is 7.97. The Morgan fingerprint density at radius 2 is 1.65 bits per heavy atom. The number of imidazole rings is 1. The van der Waals surface area contributed by atoms with E-state index in [4.69, 9.17) is 4.74 Å². The second-order valence-corrected chi connectivity index (χ2v) is 10.1. The Labute approximate surface area is 203 Å². The Bertz CT molecular complexity index is 1130. The Hall–Kier alpha value is -2.82. The molecule has 0 aliphatic heterocycles. The summed E-state index contributed by atoms with van der Waals surface area (Å²) in [6.45, 7) is 2.27. The Kier molecular flexibility index (Phi) is 6.89. The molecule has 3 aromatic rings. The molecule has 0 amide bonds. The van der Waals surface area contributed by atoms with Crippen molar-refractivity contribution in [3.8, 4) is 0 Å². The van der Waals surface area contributed by atoms with Gasteiger partial charge in [0, 0.05) is 6.04 Å². The summed E-state index contributed by atoms with van der Waals surface area (Å²) in [6.07, 6.45) is 14.6. The zero-order valence-electron chi connectivity index (χ0n) is 20.6. The smallest absolute Gasteiger partial charge is 0.340 e. The summed E-state index contributed by atoms with van der Waals surface area (Å²) in [5, 5.41) is 3.84. The second-order valence-electron chi connectivity index (χ2n) is 10.1. The fraction of sp³-hybridized carbons (Fsp3) is 0.517. The van der Waals surface area contributed by atoms with Crippen LogP contribution in [-0.4, -0.2) is 23.7 Å². The van der Waals surface area contributed by atoms with Gasteiger partial charge in [-0.25, -0.2) is 13.9 Å². The second kappa shape index (κ2) is 10.2. The minimum atomic E-state index is -0.265. The molecule has 1 aromatic heterocycles. The van der Waals surface area contributed by atoms with E-state index in [1.807, 2.05) is 6.07 Å². The first-order valence-corrected chi connectivity index (χ1v) is 13.2. The van der Waals surface area contributed by atoms with Crippen LogP contribution in [0.25, 0.3) is 11.0 Å². The molecule has 180 valence electrons. The van der Waals surface area contributed by atoms with Crippen molar-refractivity contribution >= 4 is 22.7 Å². The SMILES string of the molecule is COC(=O)c1ccc2c(c1NC1CCCCC1)[n+](C1CCCCC1)cn2[C@@H](C)c1ccccc1. The average Bonchev–Trinajstić information content (AvgIpc) is 3.30. The number of fused-ring (bicyclic) bond motifs is 1. The van der Waals surface area contributed by atoms with Crippen molar-refractivity contribution in [2.75, 3.05) is 12.4 Å². The van der Waals surface area contributed by atoms with Gasteiger partial charge in [-0.3, -0.25) is 0 Å². The van der Waals surface area contributed by atoms with Crippen LogP contribution in [0, 0.1) is 0 Å². The van der Waals surface area contributed by atoms with Crippen LogP contribution in [-0.2, 0) is 4.74 Å². The number of nitrogens with one attached hydrogen (secondary N) is 1. The molecular weight excluding hydrogens is 422 g/mol. The predicted molar refractivity (Wildman–Crippen MR) is 136 cm³/mol. The highest BCUT2D eigenvalue weighted by molar-refractivity contribution is 6.03. The molecule has 0 bridgehead atoms. The normalized spacial score (nSPS) is 18.6. The molecule has 5 rings (SSSR count). The Morgan fingerprint density at radius 3 is 2.32 bits per heavy atom. The monoisotopic (exact) mass is 460 g/mol. The van der Waals surface area contributed by atoms with E-state index in [2.05, 4.69) is 64.1 Å². The van der Waals surface area contributed by atoms with E-state index < -0.39 is 0 Å². The van der Waals surface area contributed by atoms with Gasteiger partial charge >= 0.3 is 5.97 Å². The minimum absolute atomic E-state index is 0.194. The first-order chi connectivity index (χ1) is 16.7. The van der Waals surface area contributed by atoms with Crippen LogP contribution in [0.15, 0.2) is 48.8 Å². The molecule has 5 nitrogen and oxygen atoms in total. The maximum atomic E-state index is 12.9. The first-order valence-electron chi connectivity index (χ1n) is 13.2. The molecule has 0 radical (unpaired) electrons. The van der Waals surface area contributed by atoms with Crippen molar-refractivity contribution in [3.63, 3.8) is 0 Å². The number of carbonyl (C=O) groups is 1. The molecule has 2 aromatic carbocycles. The molecule has 2 aliphatic rings. The molecule has 1 atom stereocenters. The number of rotatable bonds is 6. The summed E-state index contributed by atoms with van der Waals surface area (Å²) in [4.78, 5) is 12.9. The molecule has 5 heteroatoms. The maximum absolute atomic E-state index is 12.9. The molecule has 0 unspecified atom stereocenters. The van der Waals surface area contributed by atoms with Crippen LogP contribution < -0.4 is 9.88 Å². The van der Waals surface area contributed by atoms with Gasteiger partial charge in [0.1, 0.15) is 17.8 Å². The standard InChI is InChI=1S/C29H37N3O2/c1-21(22-12-6-3-7-13-22)31-20-32(24-16-10-5-11-17-24)28-26(31)19-18-25(29(33)34-2)27(28)30-23-14-8-4-9-15-23/h3,6-7,12-13,18-21,23-24H,4-5,8-11,14-17H2,1-2H3/p+1/t21-/m0/s1. The number of esters is 1. The van der Waals surface area contributed by atoms with Gasteiger partial charge in [-0.2, -0.15) is 0 Å². The van der Waals surface area contributed by atoms with Crippen LogP contribution in [0.5, 0.6) is 0 Å². The number of hydrogen-bond acceptors (Lipinski definition) is 3. The van der Waals surface area contributed by atoms with E-state index in [9.17, 15) is 4.79 Å². The molecule has 0 saturated heterocycles. The summed E-state index contributed by atoms with van der Waals surface area (Å²) in [6, 6.07) is 15.8. The first kappa shape index (κ1) is 22.9. The summed E-state index contributed by atoms with van der Waals surface area (Å²) in [7, 11) is 1.48. The van der Waals surface area contributed by atoms with Crippen LogP contribution in [0.1, 0.15) is 99.1 Å². The highest BCUT2D eigenvalue weighted by atomic mass is 16.5. The molecule has 1 heterocycles. The lowest BCUT2D eigenvalue weighted by molar-refractivity contribution is -0.701. The van der Waals surface area contributed by atoms with Crippen molar-refractivity contribution in [1.82, 2.24) is 4.57 Å². The van der Waals surface area contributed by atoms with E-state index in [0.717, 1.165) is 24.0 Å². The van der Waals surface area contributed by atoms with Gasteiger partial charge in [-0.15, -0.1) is 0 Å². The molecule has 1 N–H and O–H groups in total. The van der Waals surface area contributed by atoms with Crippen molar-refractivity contribution in [2.24, 2.45) is 0 Å². The van der Waals surface area contributed by atoms with Gasteiger partial charge in [0.15, 0.2) is 11.0 Å². The number of aromatic nitrogens is 2. The van der Waals surface area contributed by atoms with Gasteiger partial charge < -0.3 is 10.1 Å². The quantitative estimate of drug-likeness (QED) is 0.334. The minimum Gasteiger partial charge on any atom is -0.465 e. The predicted octanol–water partition coefficient (Wildman–Crippen LogP) is 6.57. The summed E-state index contributed by atoms with van der Waals surface area (Å²) in [5.41, 5.74) is 5.22. The largest absolute Gasteiger partial charge is 0.465 e. The lowest BCUT2D eigenvalue weighted by Crippen LogP contribution is -2.40. The number of methoxy groups -OCH3 is 1. The summed E-state index contributed by atoms with van der Waals surface area (Å²) < 4.78 is 10.1. The van der Waals surface area contributed by atoms with Gasteiger partial charge in [-0.1, -0.05) is 56.0 Å². The molecule has 2 fully saturated rings. The van der Waals surface area contributed by atoms with Crippen LogP contribution in [0.4, 0.5) is 5.69 Å². The number of ether oxygens (including phenoxy) is 1. The zero-order chi connectivity index (χ0) is 23.5. The molecule has 2 aliphatic carbocycles. The van der Waals surface area contributed by atoms with Crippen molar-refractivity contribution in [2.45, 2.75) is 89.3 Å². The Balaban J connectivity index is 1.70. The van der Waals surface area contributed by atoms with Crippen LogP contribution >= 0.6 is 0 Å². The third kappa shape index (κ3) is 4.45. The zero-order valence-corrected chi connectivity index (χ0v) is 20.6.